The molecule has 0 spiro atoms. The lowest BCUT2D eigenvalue weighted by atomic mass is 10.1. The fourth-order valence-corrected chi connectivity index (χ4v) is 8.66. The first kappa shape index (κ1) is 24.1. The van der Waals surface area contributed by atoms with Crippen LogP contribution in [0, 0.1) is 0 Å². The van der Waals surface area contributed by atoms with Crippen LogP contribution in [0.5, 0.6) is 0 Å². The van der Waals surface area contributed by atoms with Crippen LogP contribution in [0.4, 0.5) is 0 Å². The molecule has 0 aliphatic heterocycles. The number of hydrogen-bond acceptors (Lipinski definition) is 2. The van der Waals surface area contributed by atoms with Gasteiger partial charge in [-0.15, -0.1) is 13.2 Å². The Bertz CT molecular complexity index is 795. The molecule has 0 heterocycles. The van der Waals surface area contributed by atoms with E-state index in [1.807, 2.05) is 13.0 Å². The Kier molecular flexibility index (Phi) is 8.60. The van der Waals surface area contributed by atoms with Gasteiger partial charge in [-0.2, -0.15) is 0 Å². The summed E-state index contributed by atoms with van der Waals surface area (Å²) in [7, 11) is -2.64. The van der Waals surface area contributed by atoms with Crippen molar-refractivity contribution in [3.8, 4) is 0 Å². The van der Waals surface area contributed by atoms with Crippen LogP contribution in [0.3, 0.4) is 0 Å². The topological polar surface area (TPSA) is 29.5 Å². The van der Waals surface area contributed by atoms with Gasteiger partial charge in [-0.1, -0.05) is 105 Å². The van der Waals surface area contributed by atoms with Gasteiger partial charge in [0.05, 0.1) is 12.2 Å². The summed E-state index contributed by atoms with van der Waals surface area (Å²) in [4.78, 5) is 0. The molecule has 2 nitrogen and oxygen atoms in total. The smallest absolute Gasteiger partial charge is 0.261 e. The Morgan fingerprint density at radius 2 is 1.50 bits per heavy atom. The quantitative estimate of drug-likeness (QED) is 0.412. The van der Waals surface area contributed by atoms with Crippen LogP contribution in [-0.4, -0.2) is 25.6 Å². The molecular formula is C27H36O2Si. The molecule has 3 heteroatoms. The van der Waals surface area contributed by atoms with E-state index in [4.69, 9.17) is 4.43 Å². The van der Waals surface area contributed by atoms with Crippen LogP contribution in [-0.2, 0) is 4.43 Å². The molecule has 30 heavy (non-hydrogen) atoms. The molecule has 0 fully saturated rings. The lowest BCUT2D eigenvalue weighted by Crippen LogP contribution is -2.67. The largest absolute Gasteiger partial charge is 0.401 e. The maximum Gasteiger partial charge on any atom is 0.261 e. The lowest BCUT2D eigenvalue weighted by molar-refractivity contribution is 0.219. The first-order valence-electron chi connectivity index (χ1n) is 10.6. The Balaban J connectivity index is 2.62. The number of aliphatic hydroxyl groups excluding tert-OH is 1. The van der Waals surface area contributed by atoms with E-state index in [9.17, 15) is 5.11 Å². The van der Waals surface area contributed by atoms with Gasteiger partial charge in [0.2, 0.25) is 0 Å². The highest BCUT2D eigenvalue weighted by atomic mass is 28.4. The predicted octanol–water partition coefficient (Wildman–Crippen LogP) is 5.39. The summed E-state index contributed by atoms with van der Waals surface area (Å²) in [6, 6.07) is 21.3. The van der Waals surface area contributed by atoms with Crippen LogP contribution < -0.4 is 10.4 Å². The Morgan fingerprint density at radius 3 is 1.90 bits per heavy atom. The molecule has 0 aliphatic rings. The average molecular weight is 421 g/mol. The maximum absolute atomic E-state index is 9.98. The molecule has 2 rings (SSSR count). The number of hydrogen-bond donors (Lipinski definition) is 1. The van der Waals surface area contributed by atoms with E-state index in [0.717, 1.165) is 5.57 Å². The van der Waals surface area contributed by atoms with Gasteiger partial charge in [-0.25, -0.2) is 0 Å². The highest BCUT2D eigenvalue weighted by Crippen LogP contribution is 2.38. The summed E-state index contributed by atoms with van der Waals surface area (Å²) in [6.07, 6.45) is 6.24. The Labute approximate surface area is 183 Å². The van der Waals surface area contributed by atoms with Crippen molar-refractivity contribution in [1.29, 1.82) is 0 Å². The van der Waals surface area contributed by atoms with Gasteiger partial charge in [0.1, 0.15) is 0 Å². The highest BCUT2D eigenvalue weighted by molar-refractivity contribution is 6.99. The Hall–Kier alpha value is -2.20. The molecule has 0 amide bonds. The predicted molar refractivity (Wildman–Crippen MR) is 132 cm³/mol. The zero-order chi connectivity index (χ0) is 22.2. The van der Waals surface area contributed by atoms with Crippen molar-refractivity contribution in [2.75, 3.05) is 0 Å². The first-order valence-corrected chi connectivity index (χ1v) is 12.5. The van der Waals surface area contributed by atoms with Crippen LogP contribution in [0.15, 0.2) is 97.6 Å². The zero-order valence-electron chi connectivity index (χ0n) is 18.8. The minimum Gasteiger partial charge on any atom is -0.401 e. The summed E-state index contributed by atoms with van der Waals surface area (Å²) in [6.45, 7) is 16.5. The summed E-state index contributed by atoms with van der Waals surface area (Å²) < 4.78 is 7.18. The van der Waals surface area contributed by atoms with Crippen LogP contribution in [0.2, 0.25) is 5.04 Å². The summed E-state index contributed by atoms with van der Waals surface area (Å²) in [5, 5.41) is 12.4. The molecule has 2 aromatic rings. The van der Waals surface area contributed by atoms with E-state index in [1.54, 1.807) is 6.08 Å². The van der Waals surface area contributed by atoms with Gasteiger partial charge < -0.3 is 9.53 Å². The minimum absolute atomic E-state index is 0.0858. The molecule has 1 N–H and O–H groups in total. The van der Waals surface area contributed by atoms with Crippen molar-refractivity contribution in [2.45, 2.75) is 57.8 Å². The van der Waals surface area contributed by atoms with Gasteiger partial charge in [0.25, 0.3) is 8.32 Å². The van der Waals surface area contributed by atoms with E-state index < -0.39 is 14.4 Å². The van der Waals surface area contributed by atoms with E-state index in [-0.39, 0.29) is 11.1 Å². The monoisotopic (exact) mass is 420 g/mol. The van der Waals surface area contributed by atoms with Gasteiger partial charge in [0, 0.05) is 0 Å². The third-order valence-corrected chi connectivity index (χ3v) is 10.5. The third kappa shape index (κ3) is 5.69. The molecule has 160 valence electrons. The second-order valence-electron chi connectivity index (χ2n) is 8.86. The number of rotatable bonds is 10. The highest BCUT2D eigenvalue weighted by Gasteiger charge is 2.51. The number of benzene rings is 2. The van der Waals surface area contributed by atoms with Crippen molar-refractivity contribution in [2.24, 2.45) is 0 Å². The molecule has 2 aromatic carbocycles. The standard InChI is InChI=1S/C27H36O2Si/c1-7-15-24(21-22(3)20-23(28)8-2)29-30(27(4,5)6,25-16-11-9-12-17-25)26-18-13-10-14-19-26/h7-14,16-19,21,23-24,28H,1-2,15,20H2,3-6H3/b22-21+/t23-,24-/m1/s1. The average Bonchev–Trinajstić information content (AvgIpc) is 2.72. The lowest BCUT2D eigenvalue weighted by Gasteiger charge is -2.44. The molecule has 0 saturated heterocycles. The van der Waals surface area contributed by atoms with E-state index >= 15 is 0 Å². The van der Waals surface area contributed by atoms with Crippen molar-refractivity contribution < 1.29 is 9.53 Å². The number of aliphatic hydroxyl groups is 1. The van der Waals surface area contributed by atoms with Crippen LogP contribution >= 0.6 is 0 Å². The molecule has 2 atom stereocenters. The maximum atomic E-state index is 9.98. The van der Waals surface area contributed by atoms with Gasteiger partial charge in [-0.3, -0.25) is 0 Å². The molecule has 0 aliphatic carbocycles. The van der Waals surface area contributed by atoms with Gasteiger partial charge in [0.15, 0.2) is 0 Å². The molecular weight excluding hydrogens is 384 g/mol. The van der Waals surface area contributed by atoms with Crippen molar-refractivity contribution in [1.82, 2.24) is 0 Å². The van der Waals surface area contributed by atoms with Crippen molar-refractivity contribution in [3.05, 3.63) is 97.6 Å². The SMILES string of the molecule is C=CC[C@H](/C=C(\C)C[C@H](O)C=C)O[Si](c1ccccc1)(c1ccccc1)C(C)(C)C. The van der Waals surface area contributed by atoms with Gasteiger partial charge >= 0.3 is 0 Å². The van der Waals surface area contributed by atoms with Crippen molar-refractivity contribution in [3.63, 3.8) is 0 Å². The van der Waals surface area contributed by atoms with Crippen molar-refractivity contribution >= 4 is 18.7 Å². The second kappa shape index (κ2) is 10.7. The molecule has 0 unspecified atom stereocenters. The molecule has 0 bridgehead atoms. The molecule has 0 saturated carbocycles. The zero-order valence-corrected chi connectivity index (χ0v) is 19.8. The first-order chi connectivity index (χ1) is 14.2. The Morgan fingerprint density at radius 1 is 1.00 bits per heavy atom. The van der Waals surface area contributed by atoms with Gasteiger partial charge in [-0.05, 0) is 35.2 Å². The normalized spacial score (nSPS) is 14.8. The minimum atomic E-state index is -2.64. The molecule has 0 radical (unpaired) electrons. The van der Waals surface area contributed by atoms with E-state index in [1.165, 1.54) is 10.4 Å². The van der Waals surface area contributed by atoms with Crippen LogP contribution in [0.1, 0.15) is 40.5 Å². The van der Waals surface area contributed by atoms with Crippen LogP contribution in [0.25, 0.3) is 0 Å². The summed E-state index contributed by atoms with van der Waals surface area (Å²) >= 11 is 0. The second-order valence-corrected chi connectivity index (χ2v) is 13.1. The third-order valence-electron chi connectivity index (χ3n) is 5.42. The summed E-state index contributed by atoms with van der Waals surface area (Å²) in [5.41, 5.74) is 1.09. The molecule has 0 aromatic heterocycles. The fourth-order valence-electron chi connectivity index (χ4n) is 4.03. The fraction of sp³-hybridized carbons (Fsp3) is 0.333. The summed E-state index contributed by atoms with van der Waals surface area (Å²) in [5.74, 6) is 0. The van der Waals surface area contributed by atoms with E-state index in [0.29, 0.717) is 12.8 Å². The van der Waals surface area contributed by atoms with E-state index in [2.05, 4.69) is 101 Å².